The zero-order valence-electron chi connectivity index (χ0n) is 18.2. The molecule has 0 spiro atoms. The summed E-state index contributed by atoms with van der Waals surface area (Å²) >= 11 is 0. The van der Waals surface area contributed by atoms with Crippen LogP contribution in [0.4, 0.5) is 11.4 Å². The minimum absolute atomic E-state index is 0.250. The van der Waals surface area contributed by atoms with Crippen LogP contribution in [0.1, 0.15) is 11.1 Å². The van der Waals surface area contributed by atoms with Gasteiger partial charge in [0.1, 0.15) is 18.0 Å². The minimum atomic E-state index is -0.965. The van der Waals surface area contributed by atoms with Gasteiger partial charge in [-0.3, -0.25) is 19.4 Å². The average molecular weight is 437 g/mol. The van der Waals surface area contributed by atoms with Gasteiger partial charge in [-0.25, -0.2) is 4.90 Å². The number of nitrogens with zero attached hydrogens (tertiary/aromatic N) is 4. The number of fused-ring (bicyclic) bond motifs is 1. The van der Waals surface area contributed by atoms with Gasteiger partial charge < -0.3 is 14.8 Å². The second kappa shape index (κ2) is 8.29. The zero-order chi connectivity index (χ0) is 23.0. The lowest BCUT2D eigenvalue weighted by molar-refractivity contribution is -0.123. The molecule has 2 aromatic carbocycles. The van der Waals surface area contributed by atoms with Crippen molar-refractivity contribution in [3.05, 3.63) is 47.5 Å². The third kappa shape index (κ3) is 3.64. The number of carbonyl (C=O) groups excluding carboxylic acids is 3. The van der Waals surface area contributed by atoms with Crippen LogP contribution in [-0.2, 0) is 14.4 Å². The van der Waals surface area contributed by atoms with Crippen molar-refractivity contribution in [1.29, 1.82) is 0 Å². The van der Waals surface area contributed by atoms with Crippen LogP contribution in [0, 0.1) is 13.8 Å². The molecule has 2 aliphatic rings. The van der Waals surface area contributed by atoms with Gasteiger partial charge in [0.05, 0.1) is 25.6 Å². The molecular weight excluding hydrogens is 414 g/mol. The number of rotatable bonds is 6. The van der Waals surface area contributed by atoms with Crippen molar-refractivity contribution in [1.82, 2.24) is 5.01 Å². The smallest absolute Gasteiger partial charge is 0.263 e. The third-order valence-electron chi connectivity index (χ3n) is 5.59. The van der Waals surface area contributed by atoms with Crippen molar-refractivity contribution < 1.29 is 23.9 Å². The van der Waals surface area contributed by atoms with E-state index >= 15 is 0 Å². The third-order valence-corrected chi connectivity index (χ3v) is 5.59. The fourth-order valence-corrected chi connectivity index (χ4v) is 3.71. The van der Waals surface area contributed by atoms with E-state index in [4.69, 9.17) is 9.47 Å². The largest absolute Gasteiger partial charge is 0.497 e. The number of amides is 3. The summed E-state index contributed by atoms with van der Waals surface area (Å²) in [5, 5.41) is 11.8. The Morgan fingerprint density at radius 1 is 1.03 bits per heavy atom. The molecule has 0 aliphatic carbocycles. The van der Waals surface area contributed by atoms with Crippen LogP contribution in [0.15, 0.2) is 46.7 Å². The average Bonchev–Trinajstić information content (AvgIpc) is 3.29. The lowest BCUT2D eigenvalue weighted by atomic mass is 10.1. The molecule has 2 atom stereocenters. The highest BCUT2D eigenvalue weighted by Crippen LogP contribution is 2.33. The van der Waals surface area contributed by atoms with Crippen LogP contribution in [0.3, 0.4) is 0 Å². The molecule has 1 fully saturated rings. The fourth-order valence-electron chi connectivity index (χ4n) is 3.71. The minimum Gasteiger partial charge on any atom is -0.497 e. The highest BCUT2D eigenvalue weighted by atomic mass is 16.5. The van der Waals surface area contributed by atoms with Crippen molar-refractivity contribution in [2.45, 2.75) is 25.9 Å². The van der Waals surface area contributed by atoms with Crippen LogP contribution >= 0.6 is 0 Å². The molecule has 1 N–H and O–H groups in total. The van der Waals surface area contributed by atoms with E-state index in [-0.39, 0.29) is 6.54 Å². The summed E-state index contributed by atoms with van der Waals surface area (Å²) in [6.07, 6.45) is 0. The van der Waals surface area contributed by atoms with Crippen LogP contribution in [0.25, 0.3) is 0 Å². The molecule has 2 aliphatic heterocycles. The molecule has 2 aromatic rings. The molecule has 0 aromatic heterocycles. The van der Waals surface area contributed by atoms with Gasteiger partial charge in [0.15, 0.2) is 12.1 Å². The van der Waals surface area contributed by atoms with Crippen molar-refractivity contribution in [2.24, 2.45) is 10.3 Å². The lowest BCUT2D eigenvalue weighted by Crippen LogP contribution is -2.43. The molecule has 10 nitrogen and oxygen atoms in total. The van der Waals surface area contributed by atoms with Gasteiger partial charge in [0, 0.05) is 6.07 Å². The topological polar surface area (TPSA) is 113 Å². The number of anilines is 2. The number of nitrogens with one attached hydrogen (secondary N) is 1. The monoisotopic (exact) mass is 437 g/mol. The lowest BCUT2D eigenvalue weighted by Gasteiger charge is -2.21. The SMILES string of the molecule is COc1ccc(NC(=O)CN2N=N[C@H]3C(=O)N(c4ccc(C)c(C)c4)C(=O)[C@H]32)c(OC)c1. The van der Waals surface area contributed by atoms with E-state index in [1.54, 1.807) is 30.3 Å². The van der Waals surface area contributed by atoms with E-state index in [0.29, 0.717) is 22.9 Å². The van der Waals surface area contributed by atoms with Gasteiger partial charge in [-0.2, -0.15) is 5.11 Å². The highest BCUT2D eigenvalue weighted by molar-refractivity contribution is 6.25. The first-order valence-electron chi connectivity index (χ1n) is 9.98. The number of ether oxygens (including phenoxy) is 2. The molecule has 2 heterocycles. The molecule has 3 amide bonds. The van der Waals surface area contributed by atoms with Gasteiger partial charge in [-0.05, 0) is 49.2 Å². The van der Waals surface area contributed by atoms with Crippen molar-refractivity contribution in [3.63, 3.8) is 0 Å². The van der Waals surface area contributed by atoms with Gasteiger partial charge in [-0.1, -0.05) is 11.3 Å². The maximum atomic E-state index is 13.1. The number of hydrogen-bond acceptors (Lipinski definition) is 8. The normalized spacial score (nSPS) is 19.4. The second-order valence-corrected chi connectivity index (χ2v) is 7.59. The first-order valence-corrected chi connectivity index (χ1v) is 9.98. The fraction of sp³-hybridized carbons (Fsp3) is 0.318. The predicted octanol–water partition coefficient (Wildman–Crippen LogP) is 2.25. The number of carbonyl (C=O) groups is 3. The maximum Gasteiger partial charge on any atom is 0.263 e. The molecule has 32 heavy (non-hydrogen) atoms. The molecule has 4 rings (SSSR count). The summed E-state index contributed by atoms with van der Waals surface area (Å²) in [5.74, 6) is -0.336. The van der Waals surface area contributed by atoms with Crippen molar-refractivity contribution in [2.75, 3.05) is 31.0 Å². The standard InChI is InChI=1S/C22H23N5O5/c1-12-5-6-14(9-13(12)2)27-21(29)19-20(22(27)30)26(25-24-19)11-18(28)23-16-8-7-15(31-3)10-17(16)32-4/h5-10,19-20H,11H2,1-4H3,(H,23,28)/t19-,20+/m1/s1. The second-order valence-electron chi connectivity index (χ2n) is 7.59. The first-order chi connectivity index (χ1) is 15.3. The van der Waals surface area contributed by atoms with E-state index in [0.717, 1.165) is 16.0 Å². The van der Waals surface area contributed by atoms with E-state index in [9.17, 15) is 14.4 Å². The number of hydrogen-bond donors (Lipinski definition) is 1. The Morgan fingerprint density at radius 3 is 2.50 bits per heavy atom. The molecular formula is C22H23N5O5. The summed E-state index contributed by atoms with van der Waals surface area (Å²) in [6, 6.07) is 8.43. The van der Waals surface area contributed by atoms with Crippen LogP contribution in [0.2, 0.25) is 0 Å². The summed E-state index contributed by atoms with van der Waals surface area (Å²) in [7, 11) is 3.01. The highest BCUT2D eigenvalue weighted by Gasteiger charge is 2.55. The summed E-state index contributed by atoms with van der Waals surface area (Å²) < 4.78 is 10.4. The maximum absolute atomic E-state index is 13.1. The summed E-state index contributed by atoms with van der Waals surface area (Å²) in [4.78, 5) is 39.7. The summed E-state index contributed by atoms with van der Waals surface area (Å²) in [6.45, 7) is 3.61. The molecule has 0 radical (unpaired) electrons. The van der Waals surface area contributed by atoms with Gasteiger partial charge in [0.2, 0.25) is 5.91 Å². The van der Waals surface area contributed by atoms with Crippen molar-refractivity contribution >= 4 is 29.1 Å². The predicted molar refractivity (Wildman–Crippen MR) is 116 cm³/mol. The van der Waals surface area contributed by atoms with E-state index in [1.165, 1.54) is 19.2 Å². The molecule has 0 bridgehead atoms. The summed E-state index contributed by atoms with van der Waals surface area (Å²) in [5.41, 5.74) is 2.95. The van der Waals surface area contributed by atoms with E-state index in [1.807, 2.05) is 19.9 Å². The van der Waals surface area contributed by atoms with Gasteiger partial charge in [-0.15, -0.1) is 0 Å². The Morgan fingerprint density at radius 2 is 1.81 bits per heavy atom. The van der Waals surface area contributed by atoms with Gasteiger partial charge >= 0.3 is 0 Å². The Labute approximate surface area is 184 Å². The number of methoxy groups -OCH3 is 2. The molecule has 10 heteroatoms. The van der Waals surface area contributed by atoms with E-state index < -0.39 is 29.8 Å². The zero-order valence-corrected chi connectivity index (χ0v) is 18.2. The molecule has 0 saturated carbocycles. The number of imide groups is 1. The molecule has 0 unspecified atom stereocenters. The quantitative estimate of drug-likeness (QED) is 0.694. The van der Waals surface area contributed by atoms with Crippen LogP contribution in [-0.4, -0.2) is 55.6 Å². The molecule has 166 valence electrons. The Hall–Kier alpha value is -3.95. The van der Waals surface area contributed by atoms with Crippen molar-refractivity contribution in [3.8, 4) is 11.5 Å². The van der Waals surface area contributed by atoms with Crippen LogP contribution < -0.4 is 19.7 Å². The first kappa shape index (κ1) is 21.3. The number of aryl methyl sites for hydroxylation is 2. The van der Waals surface area contributed by atoms with Crippen LogP contribution in [0.5, 0.6) is 11.5 Å². The Kier molecular flexibility index (Phi) is 5.52. The Bertz CT molecular complexity index is 1130. The number of benzene rings is 2. The van der Waals surface area contributed by atoms with E-state index in [2.05, 4.69) is 15.7 Å². The Balaban J connectivity index is 1.49. The molecule has 1 saturated heterocycles. The van der Waals surface area contributed by atoms with Gasteiger partial charge in [0.25, 0.3) is 11.8 Å².